The van der Waals surface area contributed by atoms with Crippen LogP contribution in [0.3, 0.4) is 0 Å². The molecular formula is C10H11BrO2. The second-order valence-electron chi connectivity index (χ2n) is 3.14. The average molecular weight is 243 g/mol. The minimum atomic E-state index is -0.460. The first kappa shape index (κ1) is 9.03. The van der Waals surface area contributed by atoms with E-state index in [1.54, 1.807) is 0 Å². The summed E-state index contributed by atoms with van der Waals surface area (Å²) in [7, 11) is 0. The van der Waals surface area contributed by atoms with Crippen LogP contribution in [0.1, 0.15) is 18.1 Å². The van der Waals surface area contributed by atoms with Gasteiger partial charge in [-0.05, 0) is 12.5 Å². The summed E-state index contributed by atoms with van der Waals surface area (Å²) in [6, 6.07) is 7.62. The zero-order valence-corrected chi connectivity index (χ0v) is 8.70. The van der Waals surface area contributed by atoms with Crippen molar-refractivity contribution in [2.75, 3.05) is 6.61 Å². The highest BCUT2D eigenvalue weighted by molar-refractivity contribution is 9.09. The molecule has 0 aliphatic carbocycles. The lowest BCUT2D eigenvalue weighted by Crippen LogP contribution is -2.10. The van der Waals surface area contributed by atoms with Gasteiger partial charge in [-0.15, -0.1) is 0 Å². The van der Waals surface area contributed by atoms with Crippen molar-refractivity contribution in [2.24, 2.45) is 0 Å². The van der Waals surface area contributed by atoms with Crippen LogP contribution in [-0.2, 0) is 0 Å². The molecule has 0 aromatic heterocycles. The lowest BCUT2D eigenvalue weighted by atomic mass is 10.1. The number of aliphatic hydroxyl groups excluding tert-OH is 1. The lowest BCUT2D eigenvalue weighted by molar-refractivity contribution is 0.176. The van der Waals surface area contributed by atoms with Crippen LogP contribution in [0.2, 0.25) is 0 Å². The highest BCUT2D eigenvalue weighted by atomic mass is 79.9. The van der Waals surface area contributed by atoms with Gasteiger partial charge >= 0.3 is 0 Å². The normalized spacial score (nSPS) is 27.2. The van der Waals surface area contributed by atoms with E-state index >= 15 is 0 Å². The van der Waals surface area contributed by atoms with E-state index in [2.05, 4.69) is 15.9 Å². The maximum absolute atomic E-state index is 9.88. The average Bonchev–Trinajstić information content (AvgIpc) is 2.29. The molecular weight excluding hydrogens is 232 g/mol. The van der Waals surface area contributed by atoms with Crippen molar-refractivity contribution in [1.82, 2.24) is 0 Å². The van der Waals surface area contributed by atoms with Gasteiger partial charge in [-0.25, -0.2) is 0 Å². The van der Waals surface area contributed by atoms with Gasteiger partial charge in [0.05, 0.1) is 12.7 Å². The molecule has 1 aromatic rings. The van der Waals surface area contributed by atoms with Gasteiger partial charge in [0.15, 0.2) is 0 Å². The van der Waals surface area contributed by atoms with E-state index in [1.807, 2.05) is 24.3 Å². The summed E-state index contributed by atoms with van der Waals surface area (Å²) in [5.41, 5.74) is 0.877. The fourth-order valence-corrected chi connectivity index (χ4v) is 1.96. The summed E-state index contributed by atoms with van der Waals surface area (Å²) in [5, 5.41) is 9.88. The molecule has 70 valence electrons. The van der Waals surface area contributed by atoms with Crippen molar-refractivity contribution in [1.29, 1.82) is 0 Å². The standard InChI is InChI=1S/C10H11BrO2/c11-8-5-6-13-9-4-2-1-3-7(9)10(8)12/h1-4,8,10,12H,5-6H2/t8-,10-/m0/s1. The third-order valence-corrected chi connectivity index (χ3v) is 3.19. The van der Waals surface area contributed by atoms with Crippen molar-refractivity contribution in [2.45, 2.75) is 17.4 Å². The van der Waals surface area contributed by atoms with Crippen molar-refractivity contribution in [3.8, 4) is 5.75 Å². The highest BCUT2D eigenvalue weighted by Gasteiger charge is 2.24. The molecule has 0 saturated carbocycles. The van der Waals surface area contributed by atoms with Crippen LogP contribution in [0.4, 0.5) is 0 Å². The molecule has 0 spiro atoms. The first-order valence-corrected chi connectivity index (χ1v) is 5.24. The largest absolute Gasteiger partial charge is 0.493 e. The predicted molar refractivity (Wildman–Crippen MR) is 54.2 cm³/mol. The van der Waals surface area contributed by atoms with Crippen LogP contribution in [0.25, 0.3) is 0 Å². The molecule has 1 aliphatic heterocycles. The van der Waals surface area contributed by atoms with E-state index in [0.29, 0.717) is 6.61 Å². The Kier molecular flexibility index (Phi) is 2.56. The summed E-state index contributed by atoms with van der Waals surface area (Å²) in [5.74, 6) is 0.803. The maximum Gasteiger partial charge on any atom is 0.125 e. The van der Waals surface area contributed by atoms with Crippen molar-refractivity contribution in [3.05, 3.63) is 29.8 Å². The molecule has 2 atom stereocenters. The number of para-hydroxylation sites is 1. The van der Waals surface area contributed by atoms with Gasteiger partial charge in [0, 0.05) is 10.4 Å². The van der Waals surface area contributed by atoms with Gasteiger partial charge in [0.25, 0.3) is 0 Å². The van der Waals surface area contributed by atoms with Crippen LogP contribution in [0.5, 0.6) is 5.75 Å². The van der Waals surface area contributed by atoms with Crippen LogP contribution >= 0.6 is 15.9 Å². The second kappa shape index (κ2) is 3.68. The molecule has 0 bridgehead atoms. The Balaban J connectivity index is 2.40. The molecule has 1 aliphatic rings. The van der Waals surface area contributed by atoms with Crippen molar-refractivity contribution in [3.63, 3.8) is 0 Å². The summed E-state index contributed by atoms with van der Waals surface area (Å²) >= 11 is 3.44. The first-order chi connectivity index (χ1) is 6.29. The number of fused-ring (bicyclic) bond motifs is 1. The SMILES string of the molecule is O[C@H]1c2ccccc2OCC[C@@H]1Br. The molecule has 1 aromatic carbocycles. The molecule has 0 radical (unpaired) electrons. The molecule has 1 N–H and O–H groups in total. The van der Waals surface area contributed by atoms with E-state index in [4.69, 9.17) is 4.74 Å². The quantitative estimate of drug-likeness (QED) is 0.708. The molecule has 0 unspecified atom stereocenters. The van der Waals surface area contributed by atoms with Crippen LogP contribution < -0.4 is 4.74 Å². The van der Waals surface area contributed by atoms with Gasteiger partial charge in [-0.3, -0.25) is 0 Å². The maximum atomic E-state index is 9.88. The fraction of sp³-hybridized carbons (Fsp3) is 0.400. The van der Waals surface area contributed by atoms with Crippen LogP contribution in [0.15, 0.2) is 24.3 Å². The topological polar surface area (TPSA) is 29.5 Å². The number of aliphatic hydroxyl groups is 1. The summed E-state index contributed by atoms with van der Waals surface area (Å²) in [6.45, 7) is 0.657. The summed E-state index contributed by atoms with van der Waals surface area (Å²) < 4.78 is 5.50. The van der Waals surface area contributed by atoms with Crippen LogP contribution in [0, 0.1) is 0 Å². The van der Waals surface area contributed by atoms with E-state index in [9.17, 15) is 5.11 Å². The number of ether oxygens (including phenoxy) is 1. The zero-order valence-electron chi connectivity index (χ0n) is 7.11. The number of hydrogen-bond donors (Lipinski definition) is 1. The second-order valence-corrected chi connectivity index (χ2v) is 4.31. The Morgan fingerprint density at radius 2 is 2.15 bits per heavy atom. The molecule has 1 heterocycles. The number of rotatable bonds is 0. The molecule has 0 fully saturated rings. The van der Waals surface area contributed by atoms with E-state index in [1.165, 1.54) is 0 Å². The Hall–Kier alpha value is -0.540. The molecule has 0 amide bonds. The Bertz CT molecular complexity index is 301. The fourth-order valence-electron chi connectivity index (χ4n) is 1.49. The molecule has 0 saturated heterocycles. The number of hydrogen-bond acceptors (Lipinski definition) is 2. The summed E-state index contributed by atoms with van der Waals surface area (Å²) in [6.07, 6.45) is 0.370. The number of alkyl halides is 1. The Labute approximate surface area is 85.7 Å². The molecule has 2 nitrogen and oxygen atoms in total. The highest BCUT2D eigenvalue weighted by Crippen LogP contribution is 2.34. The van der Waals surface area contributed by atoms with Gasteiger partial charge in [-0.2, -0.15) is 0 Å². The Morgan fingerprint density at radius 1 is 1.38 bits per heavy atom. The minimum Gasteiger partial charge on any atom is -0.493 e. The zero-order chi connectivity index (χ0) is 9.26. The van der Waals surface area contributed by atoms with Crippen LogP contribution in [-0.4, -0.2) is 16.5 Å². The molecule has 3 heteroatoms. The van der Waals surface area contributed by atoms with E-state index < -0.39 is 6.10 Å². The number of benzene rings is 1. The van der Waals surface area contributed by atoms with Crippen molar-refractivity contribution < 1.29 is 9.84 Å². The minimum absolute atomic E-state index is 0.0937. The monoisotopic (exact) mass is 242 g/mol. The van der Waals surface area contributed by atoms with E-state index in [-0.39, 0.29) is 4.83 Å². The first-order valence-electron chi connectivity index (χ1n) is 4.33. The smallest absolute Gasteiger partial charge is 0.125 e. The van der Waals surface area contributed by atoms with Gasteiger partial charge in [0.2, 0.25) is 0 Å². The van der Waals surface area contributed by atoms with Gasteiger partial charge < -0.3 is 9.84 Å². The lowest BCUT2D eigenvalue weighted by Gasteiger charge is -2.13. The third-order valence-electron chi connectivity index (χ3n) is 2.23. The predicted octanol–water partition coefficient (Wildman–Crippen LogP) is 2.27. The van der Waals surface area contributed by atoms with Crippen molar-refractivity contribution >= 4 is 15.9 Å². The van der Waals surface area contributed by atoms with E-state index in [0.717, 1.165) is 17.7 Å². The van der Waals surface area contributed by atoms with Gasteiger partial charge in [0.1, 0.15) is 5.75 Å². The number of halogens is 1. The third kappa shape index (κ3) is 1.71. The summed E-state index contributed by atoms with van der Waals surface area (Å²) in [4.78, 5) is 0.0937. The molecule has 13 heavy (non-hydrogen) atoms. The molecule has 2 rings (SSSR count). The Morgan fingerprint density at radius 3 is 3.00 bits per heavy atom. The van der Waals surface area contributed by atoms with Gasteiger partial charge in [-0.1, -0.05) is 34.1 Å².